The molecule has 0 atom stereocenters. The van der Waals surface area contributed by atoms with Gasteiger partial charge in [-0.2, -0.15) is 0 Å². The number of nitrogens with zero attached hydrogens (tertiary/aromatic N) is 3. The van der Waals surface area contributed by atoms with Gasteiger partial charge in [0.2, 0.25) is 0 Å². The summed E-state index contributed by atoms with van der Waals surface area (Å²) < 4.78 is 2.20. The van der Waals surface area contributed by atoms with Crippen LogP contribution in [-0.4, -0.2) is 27.0 Å². The van der Waals surface area contributed by atoms with Gasteiger partial charge in [0.05, 0.1) is 11.0 Å². The predicted octanol–water partition coefficient (Wildman–Crippen LogP) is 4.12. The van der Waals surface area contributed by atoms with Crippen molar-refractivity contribution < 1.29 is 4.79 Å². The van der Waals surface area contributed by atoms with Gasteiger partial charge in [-0.05, 0) is 29.8 Å². The summed E-state index contributed by atoms with van der Waals surface area (Å²) in [6.07, 6.45) is 8.15. The van der Waals surface area contributed by atoms with Crippen LogP contribution in [0.3, 0.4) is 0 Å². The zero-order valence-electron chi connectivity index (χ0n) is 16.0. The largest absolute Gasteiger partial charge is 0.352 e. The molecule has 2 aromatic carbocycles. The third-order valence-electron chi connectivity index (χ3n) is 4.71. The Morgan fingerprint density at radius 1 is 0.966 bits per heavy atom. The first-order chi connectivity index (χ1) is 14.3. The molecule has 0 saturated carbocycles. The summed E-state index contributed by atoms with van der Waals surface area (Å²) in [4.78, 5) is 21.0. The van der Waals surface area contributed by atoms with Crippen LogP contribution in [0.1, 0.15) is 21.7 Å². The summed E-state index contributed by atoms with van der Waals surface area (Å²) in [7, 11) is 0. The third kappa shape index (κ3) is 4.58. The highest BCUT2D eigenvalue weighted by Crippen LogP contribution is 2.17. The Morgan fingerprint density at radius 3 is 2.55 bits per heavy atom. The summed E-state index contributed by atoms with van der Waals surface area (Å²) in [6.45, 7) is 1.25. The van der Waals surface area contributed by atoms with E-state index in [4.69, 9.17) is 4.98 Å². The normalized spacial score (nSPS) is 11.2. The maximum atomic E-state index is 12.2. The van der Waals surface area contributed by atoms with Crippen molar-refractivity contribution in [3.8, 4) is 0 Å². The van der Waals surface area contributed by atoms with Crippen LogP contribution in [0.2, 0.25) is 0 Å². The molecular weight excluding hydrogens is 360 g/mol. The summed E-state index contributed by atoms with van der Waals surface area (Å²) in [5.74, 6) is 0.859. The molecule has 0 bridgehead atoms. The van der Waals surface area contributed by atoms with Gasteiger partial charge in [-0.3, -0.25) is 9.78 Å². The number of hydrogen-bond donors (Lipinski definition) is 1. The highest BCUT2D eigenvalue weighted by molar-refractivity contribution is 5.93. The number of para-hydroxylation sites is 2. The predicted molar refractivity (Wildman–Crippen MR) is 115 cm³/mol. The van der Waals surface area contributed by atoms with Gasteiger partial charge in [0.25, 0.3) is 5.91 Å². The Kier molecular flexibility index (Phi) is 5.76. The van der Waals surface area contributed by atoms with Crippen LogP contribution < -0.4 is 5.32 Å². The number of benzene rings is 2. The lowest BCUT2D eigenvalue weighted by atomic mass is 10.2. The van der Waals surface area contributed by atoms with Crippen LogP contribution in [0.4, 0.5) is 0 Å². The van der Waals surface area contributed by atoms with Crippen molar-refractivity contribution in [2.75, 3.05) is 6.54 Å². The van der Waals surface area contributed by atoms with Gasteiger partial charge in [0, 0.05) is 37.5 Å². The smallest absolute Gasteiger partial charge is 0.251 e. The molecule has 4 aromatic rings. The lowest BCUT2D eigenvalue weighted by Gasteiger charge is -2.08. The van der Waals surface area contributed by atoms with Gasteiger partial charge < -0.3 is 9.88 Å². The molecule has 144 valence electrons. The second kappa shape index (κ2) is 8.97. The molecule has 0 spiro atoms. The number of fused-ring (bicyclic) bond motifs is 1. The van der Waals surface area contributed by atoms with E-state index in [0.717, 1.165) is 23.4 Å². The topological polar surface area (TPSA) is 59.8 Å². The first-order valence-corrected chi connectivity index (χ1v) is 9.65. The van der Waals surface area contributed by atoms with Gasteiger partial charge >= 0.3 is 0 Å². The fourth-order valence-corrected chi connectivity index (χ4v) is 3.27. The van der Waals surface area contributed by atoms with Crippen LogP contribution in [0.25, 0.3) is 17.1 Å². The Bertz CT molecular complexity index is 1120. The molecule has 0 radical (unpaired) electrons. The molecule has 5 nitrogen and oxygen atoms in total. The van der Waals surface area contributed by atoms with Crippen molar-refractivity contribution in [2.24, 2.45) is 0 Å². The molecule has 1 amide bonds. The van der Waals surface area contributed by atoms with Crippen molar-refractivity contribution in [3.05, 3.63) is 102 Å². The van der Waals surface area contributed by atoms with E-state index in [1.165, 1.54) is 5.56 Å². The summed E-state index contributed by atoms with van der Waals surface area (Å²) >= 11 is 0. The van der Waals surface area contributed by atoms with Crippen molar-refractivity contribution in [3.63, 3.8) is 0 Å². The summed E-state index contributed by atoms with van der Waals surface area (Å²) in [5, 5.41) is 2.96. The van der Waals surface area contributed by atoms with Gasteiger partial charge in [-0.1, -0.05) is 54.6 Å². The fourth-order valence-electron chi connectivity index (χ4n) is 3.27. The minimum atomic E-state index is -0.0981. The van der Waals surface area contributed by atoms with E-state index >= 15 is 0 Å². The molecule has 5 heteroatoms. The minimum Gasteiger partial charge on any atom is -0.352 e. The number of amides is 1. The van der Waals surface area contributed by atoms with Crippen molar-refractivity contribution in [2.45, 2.75) is 13.0 Å². The maximum absolute atomic E-state index is 12.2. The Balaban J connectivity index is 1.47. The molecule has 0 aliphatic rings. The average molecular weight is 382 g/mol. The van der Waals surface area contributed by atoms with Crippen LogP contribution in [-0.2, 0) is 13.0 Å². The number of nitrogens with one attached hydrogen (secondary N) is 1. The third-order valence-corrected chi connectivity index (χ3v) is 4.71. The van der Waals surface area contributed by atoms with Crippen LogP contribution in [0.5, 0.6) is 0 Å². The Hall–Kier alpha value is -3.73. The first kappa shape index (κ1) is 18.6. The number of allylic oxidation sites excluding steroid dienone is 1. The van der Waals surface area contributed by atoms with E-state index in [-0.39, 0.29) is 5.91 Å². The number of aromatic nitrogens is 3. The number of pyridine rings is 1. The fraction of sp³-hybridized carbons (Fsp3) is 0.125. The second-order valence-corrected chi connectivity index (χ2v) is 6.68. The first-order valence-electron chi connectivity index (χ1n) is 9.65. The zero-order chi connectivity index (χ0) is 19.9. The monoisotopic (exact) mass is 382 g/mol. The summed E-state index contributed by atoms with van der Waals surface area (Å²) in [5.41, 5.74) is 3.85. The molecule has 29 heavy (non-hydrogen) atoms. The molecule has 0 fully saturated rings. The average Bonchev–Trinajstić information content (AvgIpc) is 3.12. The van der Waals surface area contributed by atoms with E-state index in [2.05, 4.69) is 45.2 Å². The van der Waals surface area contributed by atoms with E-state index < -0.39 is 0 Å². The number of carbonyl (C=O) groups is 1. The van der Waals surface area contributed by atoms with Gasteiger partial charge in [-0.25, -0.2) is 4.98 Å². The van der Waals surface area contributed by atoms with E-state index in [0.29, 0.717) is 18.5 Å². The molecule has 0 aliphatic carbocycles. The van der Waals surface area contributed by atoms with Gasteiger partial charge in [0.1, 0.15) is 5.82 Å². The quantitative estimate of drug-likeness (QED) is 0.523. The van der Waals surface area contributed by atoms with Gasteiger partial charge in [0.15, 0.2) is 0 Å². The number of carbonyl (C=O) groups excluding carboxylic acids is 1. The van der Waals surface area contributed by atoms with Crippen molar-refractivity contribution >= 4 is 23.0 Å². The van der Waals surface area contributed by atoms with Gasteiger partial charge in [-0.15, -0.1) is 0 Å². The highest BCUT2D eigenvalue weighted by atomic mass is 16.1. The molecule has 4 rings (SSSR count). The molecule has 0 saturated heterocycles. The zero-order valence-corrected chi connectivity index (χ0v) is 16.0. The van der Waals surface area contributed by atoms with Crippen LogP contribution in [0, 0.1) is 0 Å². The van der Waals surface area contributed by atoms with Crippen LogP contribution >= 0.6 is 0 Å². The van der Waals surface area contributed by atoms with E-state index in [1.807, 2.05) is 36.4 Å². The van der Waals surface area contributed by atoms with Crippen LogP contribution in [0.15, 0.2) is 85.2 Å². The SMILES string of the molecule is O=C(NCCc1nc2ccccc2n1C/C=C/c1ccccc1)c1ccncc1. The van der Waals surface area contributed by atoms with Crippen molar-refractivity contribution in [1.29, 1.82) is 0 Å². The molecule has 0 aliphatic heterocycles. The van der Waals surface area contributed by atoms with E-state index in [9.17, 15) is 4.79 Å². The molecule has 2 aromatic heterocycles. The van der Waals surface area contributed by atoms with Crippen molar-refractivity contribution in [1.82, 2.24) is 19.9 Å². The summed E-state index contributed by atoms with van der Waals surface area (Å²) in [6, 6.07) is 21.8. The lowest BCUT2D eigenvalue weighted by Crippen LogP contribution is -2.26. The maximum Gasteiger partial charge on any atom is 0.251 e. The standard InChI is InChI=1S/C24H22N4O/c29-24(20-12-15-25-16-13-20)26-17-14-23-27-21-10-4-5-11-22(21)28(23)18-6-9-19-7-2-1-3-8-19/h1-13,15-16H,14,17-18H2,(H,26,29)/b9-6+. The second-order valence-electron chi connectivity index (χ2n) is 6.68. The number of imidazole rings is 1. The number of rotatable bonds is 7. The molecule has 2 heterocycles. The molecular formula is C24H22N4O. The molecule has 0 unspecified atom stereocenters. The molecule has 1 N–H and O–H groups in total. The minimum absolute atomic E-state index is 0.0981. The Morgan fingerprint density at radius 2 is 1.72 bits per heavy atom. The van der Waals surface area contributed by atoms with E-state index in [1.54, 1.807) is 24.5 Å². The highest BCUT2D eigenvalue weighted by Gasteiger charge is 2.10. The Labute approximate surface area is 169 Å². The number of hydrogen-bond acceptors (Lipinski definition) is 3. The lowest BCUT2D eigenvalue weighted by molar-refractivity contribution is 0.0954.